The summed E-state index contributed by atoms with van der Waals surface area (Å²) in [6, 6.07) is 3.33. The lowest BCUT2D eigenvalue weighted by Crippen LogP contribution is -2.31. The van der Waals surface area contributed by atoms with E-state index in [1.165, 1.54) is 6.20 Å². The molecule has 1 aromatic heterocycles. The van der Waals surface area contributed by atoms with E-state index < -0.39 is 7.12 Å². The van der Waals surface area contributed by atoms with E-state index in [4.69, 9.17) is 21.6 Å². The third kappa shape index (κ3) is 1.31. The first kappa shape index (κ1) is 8.56. The number of hydrogen-bond acceptors (Lipinski definition) is 3. The van der Waals surface area contributed by atoms with Gasteiger partial charge in [-0.05, 0) is 12.1 Å². The summed E-state index contributed by atoms with van der Waals surface area (Å²) in [5.41, 5.74) is 1.01. The average Bonchev–Trinajstić information content (AvgIpc) is 2.50. The first-order chi connectivity index (χ1) is 6.20. The van der Waals surface area contributed by atoms with Crippen molar-refractivity contribution in [3.8, 4) is 0 Å². The molecular formula is C7H6BClN2O2. The molecule has 2 aromatic rings. The highest BCUT2D eigenvalue weighted by Crippen LogP contribution is 2.14. The van der Waals surface area contributed by atoms with Crippen molar-refractivity contribution in [1.29, 1.82) is 0 Å². The third-order valence-corrected chi connectivity index (χ3v) is 2.20. The van der Waals surface area contributed by atoms with Crippen LogP contribution in [-0.2, 0) is 0 Å². The van der Waals surface area contributed by atoms with Crippen LogP contribution in [0.1, 0.15) is 0 Å². The number of aromatic nitrogens is 2. The Bertz CT molecular complexity index is 443. The molecule has 6 heteroatoms. The fraction of sp³-hybridized carbons (Fsp3) is 0. The van der Waals surface area contributed by atoms with Crippen LogP contribution < -0.4 is 5.46 Å². The highest BCUT2D eigenvalue weighted by Gasteiger charge is 2.19. The van der Waals surface area contributed by atoms with Gasteiger partial charge in [0.1, 0.15) is 0 Å². The Morgan fingerprint density at radius 3 is 2.85 bits per heavy atom. The Hall–Kier alpha value is -1.04. The van der Waals surface area contributed by atoms with Gasteiger partial charge in [0.2, 0.25) is 0 Å². The Morgan fingerprint density at radius 2 is 2.15 bits per heavy atom. The zero-order chi connectivity index (χ0) is 9.42. The lowest BCUT2D eigenvalue weighted by atomic mass is 9.78. The molecule has 3 N–H and O–H groups in total. The monoisotopic (exact) mass is 196 g/mol. The molecule has 0 saturated heterocycles. The maximum atomic E-state index is 9.05. The van der Waals surface area contributed by atoms with Crippen molar-refractivity contribution in [2.75, 3.05) is 0 Å². The number of nitrogens with zero attached hydrogens (tertiary/aromatic N) is 1. The maximum absolute atomic E-state index is 9.05. The predicted octanol–water partition coefficient (Wildman–Crippen LogP) is -0.104. The SMILES string of the molecule is OB(O)c1c(Cl)ccc2[nH]ncc12. The van der Waals surface area contributed by atoms with Gasteiger partial charge in [-0.3, -0.25) is 5.10 Å². The molecule has 0 amide bonds. The van der Waals surface area contributed by atoms with Crippen molar-refractivity contribution < 1.29 is 10.0 Å². The normalized spacial score (nSPS) is 10.7. The first-order valence-electron chi connectivity index (χ1n) is 3.68. The number of fused-ring (bicyclic) bond motifs is 1. The predicted molar refractivity (Wildman–Crippen MR) is 50.9 cm³/mol. The summed E-state index contributed by atoms with van der Waals surface area (Å²) in [6.45, 7) is 0. The van der Waals surface area contributed by atoms with Crippen LogP contribution in [0.5, 0.6) is 0 Å². The molecule has 0 aliphatic rings. The first-order valence-corrected chi connectivity index (χ1v) is 4.05. The molecule has 4 nitrogen and oxygen atoms in total. The zero-order valence-electron chi connectivity index (χ0n) is 6.53. The minimum absolute atomic E-state index is 0.285. The van der Waals surface area contributed by atoms with Crippen molar-refractivity contribution in [3.05, 3.63) is 23.4 Å². The molecule has 0 atom stereocenters. The van der Waals surface area contributed by atoms with Crippen LogP contribution in [0.2, 0.25) is 5.02 Å². The van der Waals surface area contributed by atoms with E-state index in [-0.39, 0.29) is 5.46 Å². The molecule has 0 saturated carbocycles. The summed E-state index contributed by atoms with van der Waals surface area (Å²) in [4.78, 5) is 0. The molecule has 0 fully saturated rings. The second-order valence-corrected chi connectivity index (χ2v) is 3.07. The van der Waals surface area contributed by atoms with Crippen LogP contribution in [0.25, 0.3) is 10.9 Å². The Morgan fingerprint density at radius 1 is 1.38 bits per heavy atom. The molecule has 0 aliphatic heterocycles. The molecule has 2 rings (SSSR count). The van der Waals surface area contributed by atoms with Gasteiger partial charge >= 0.3 is 7.12 Å². The summed E-state index contributed by atoms with van der Waals surface area (Å²) in [6.07, 6.45) is 1.51. The summed E-state index contributed by atoms with van der Waals surface area (Å²) in [7, 11) is -1.58. The van der Waals surface area contributed by atoms with Gasteiger partial charge in [-0.25, -0.2) is 0 Å². The topological polar surface area (TPSA) is 69.1 Å². The van der Waals surface area contributed by atoms with Crippen LogP contribution in [0.4, 0.5) is 0 Å². The molecule has 0 bridgehead atoms. The fourth-order valence-corrected chi connectivity index (χ4v) is 1.54. The van der Waals surface area contributed by atoms with Gasteiger partial charge in [-0.15, -0.1) is 0 Å². The summed E-state index contributed by atoms with van der Waals surface area (Å²) >= 11 is 5.79. The van der Waals surface area contributed by atoms with E-state index in [2.05, 4.69) is 10.2 Å². The lowest BCUT2D eigenvalue weighted by Gasteiger charge is -2.02. The molecule has 0 spiro atoms. The minimum Gasteiger partial charge on any atom is -0.423 e. The van der Waals surface area contributed by atoms with Crippen LogP contribution in [0, 0.1) is 0 Å². The minimum atomic E-state index is -1.58. The molecule has 0 aliphatic carbocycles. The molecule has 1 heterocycles. The van der Waals surface area contributed by atoms with Crippen molar-refractivity contribution >= 4 is 35.1 Å². The standard InChI is InChI=1S/C7H6BClN2O2/c9-5-1-2-6-4(3-10-11-6)7(5)8(12)13/h1-3,12-13H,(H,10,11). The second kappa shape index (κ2) is 3.03. The maximum Gasteiger partial charge on any atom is 0.490 e. The summed E-state index contributed by atoms with van der Waals surface area (Å²) in [5.74, 6) is 0. The summed E-state index contributed by atoms with van der Waals surface area (Å²) in [5, 5.41) is 25.5. The highest BCUT2D eigenvalue weighted by molar-refractivity contribution is 6.65. The number of benzene rings is 1. The number of rotatable bonds is 1. The molecule has 0 radical (unpaired) electrons. The van der Waals surface area contributed by atoms with E-state index in [1.807, 2.05) is 0 Å². The Kier molecular flexibility index (Phi) is 1.99. The Labute approximate surface area is 79.3 Å². The fourth-order valence-electron chi connectivity index (χ4n) is 1.28. The van der Waals surface area contributed by atoms with Gasteiger partial charge in [0, 0.05) is 15.9 Å². The zero-order valence-corrected chi connectivity index (χ0v) is 7.28. The molecule has 66 valence electrons. The number of H-pyrrole nitrogens is 1. The van der Waals surface area contributed by atoms with Crippen molar-refractivity contribution in [2.24, 2.45) is 0 Å². The smallest absolute Gasteiger partial charge is 0.423 e. The van der Waals surface area contributed by atoms with Gasteiger partial charge in [0.15, 0.2) is 0 Å². The van der Waals surface area contributed by atoms with Gasteiger partial charge in [-0.1, -0.05) is 11.6 Å². The molecule has 0 unspecified atom stereocenters. The van der Waals surface area contributed by atoms with Gasteiger partial charge < -0.3 is 10.0 Å². The van der Waals surface area contributed by atoms with Crippen LogP contribution >= 0.6 is 11.6 Å². The van der Waals surface area contributed by atoms with E-state index >= 15 is 0 Å². The van der Waals surface area contributed by atoms with E-state index in [0.29, 0.717) is 10.4 Å². The second-order valence-electron chi connectivity index (χ2n) is 2.67. The number of hydrogen-bond donors (Lipinski definition) is 3. The molecular weight excluding hydrogens is 190 g/mol. The van der Waals surface area contributed by atoms with E-state index in [0.717, 1.165) is 5.52 Å². The van der Waals surface area contributed by atoms with E-state index in [9.17, 15) is 0 Å². The van der Waals surface area contributed by atoms with Crippen LogP contribution in [0.15, 0.2) is 18.3 Å². The quantitative estimate of drug-likeness (QED) is 0.558. The van der Waals surface area contributed by atoms with Gasteiger partial charge in [0.05, 0.1) is 11.7 Å². The van der Waals surface area contributed by atoms with Gasteiger partial charge in [-0.2, -0.15) is 5.10 Å². The van der Waals surface area contributed by atoms with E-state index in [1.54, 1.807) is 12.1 Å². The largest absolute Gasteiger partial charge is 0.490 e. The Balaban J connectivity index is 2.80. The average molecular weight is 196 g/mol. The third-order valence-electron chi connectivity index (χ3n) is 1.87. The number of halogens is 1. The van der Waals surface area contributed by atoms with Crippen molar-refractivity contribution in [3.63, 3.8) is 0 Å². The molecule has 1 aromatic carbocycles. The lowest BCUT2D eigenvalue weighted by molar-refractivity contribution is 0.426. The summed E-state index contributed by atoms with van der Waals surface area (Å²) < 4.78 is 0. The van der Waals surface area contributed by atoms with Crippen molar-refractivity contribution in [2.45, 2.75) is 0 Å². The van der Waals surface area contributed by atoms with Crippen molar-refractivity contribution in [1.82, 2.24) is 10.2 Å². The van der Waals surface area contributed by atoms with Gasteiger partial charge in [0.25, 0.3) is 0 Å². The molecule has 13 heavy (non-hydrogen) atoms. The number of nitrogens with one attached hydrogen (secondary N) is 1. The van der Waals surface area contributed by atoms with Crippen LogP contribution in [0.3, 0.4) is 0 Å². The number of aromatic amines is 1. The van der Waals surface area contributed by atoms with Crippen LogP contribution in [-0.4, -0.2) is 27.4 Å². The highest BCUT2D eigenvalue weighted by atomic mass is 35.5.